The van der Waals surface area contributed by atoms with E-state index in [0.29, 0.717) is 24.6 Å². The highest BCUT2D eigenvalue weighted by Crippen LogP contribution is 2.34. The Labute approximate surface area is 202 Å². The lowest BCUT2D eigenvalue weighted by Gasteiger charge is -2.22. The van der Waals surface area contributed by atoms with Gasteiger partial charge in [0.2, 0.25) is 5.91 Å². The second-order valence-electron chi connectivity index (χ2n) is 6.81. The standard InChI is InChI=1S/C20H22I2N2O4S/c1-2-28-18-14(21)9-13(10-15(18)22)11-16-19(26)24(20(27)29-16)12-17(25)23-7-5-3-4-6-8-23/h9-11H,2-8,12H2,1H3. The molecule has 0 aromatic heterocycles. The molecule has 0 spiro atoms. The van der Waals surface area contributed by atoms with Crippen LogP contribution in [-0.2, 0) is 9.59 Å². The Morgan fingerprint density at radius 1 is 1.14 bits per heavy atom. The van der Waals surface area contributed by atoms with Crippen LogP contribution in [-0.4, -0.2) is 53.1 Å². The average molecular weight is 640 g/mol. The van der Waals surface area contributed by atoms with Crippen LogP contribution in [0.25, 0.3) is 6.08 Å². The highest BCUT2D eigenvalue weighted by molar-refractivity contribution is 14.1. The van der Waals surface area contributed by atoms with Crippen LogP contribution in [0.3, 0.4) is 0 Å². The van der Waals surface area contributed by atoms with Crippen molar-refractivity contribution in [3.63, 3.8) is 0 Å². The Bertz CT molecular complexity index is 828. The highest BCUT2D eigenvalue weighted by Gasteiger charge is 2.37. The van der Waals surface area contributed by atoms with E-state index in [1.807, 2.05) is 19.1 Å². The first-order chi connectivity index (χ1) is 13.9. The van der Waals surface area contributed by atoms with E-state index >= 15 is 0 Å². The third-order valence-electron chi connectivity index (χ3n) is 4.73. The lowest BCUT2D eigenvalue weighted by Crippen LogP contribution is -2.42. The first-order valence-electron chi connectivity index (χ1n) is 9.55. The molecule has 0 unspecified atom stereocenters. The van der Waals surface area contributed by atoms with Crippen molar-refractivity contribution in [2.24, 2.45) is 0 Å². The van der Waals surface area contributed by atoms with Gasteiger partial charge in [-0.05, 0) is 100 Å². The Balaban J connectivity index is 1.73. The van der Waals surface area contributed by atoms with Gasteiger partial charge in [-0.3, -0.25) is 19.3 Å². The van der Waals surface area contributed by atoms with E-state index in [-0.39, 0.29) is 17.7 Å². The summed E-state index contributed by atoms with van der Waals surface area (Å²) in [5.41, 5.74) is 0.826. The number of likely N-dealkylation sites (tertiary alicyclic amines) is 1. The molecular formula is C20H22I2N2O4S. The van der Waals surface area contributed by atoms with Crippen LogP contribution in [0.1, 0.15) is 38.2 Å². The fourth-order valence-electron chi connectivity index (χ4n) is 3.29. The smallest absolute Gasteiger partial charge is 0.294 e. The topological polar surface area (TPSA) is 66.9 Å². The summed E-state index contributed by atoms with van der Waals surface area (Å²) in [5.74, 6) is 0.268. The number of hydrogen-bond donors (Lipinski definition) is 0. The SMILES string of the molecule is CCOc1c(I)cc(C=C2SC(=O)N(CC(=O)N3CCCCCC3)C2=O)cc1I. The van der Waals surface area contributed by atoms with E-state index in [9.17, 15) is 14.4 Å². The Kier molecular flexibility index (Phi) is 8.25. The first kappa shape index (κ1) is 22.9. The molecule has 2 heterocycles. The van der Waals surface area contributed by atoms with E-state index in [4.69, 9.17) is 4.74 Å². The van der Waals surface area contributed by atoms with Crippen molar-refractivity contribution in [1.29, 1.82) is 0 Å². The molecular weight excluding hydrogens is 618 g/mol. The van der Waals surface area contributed by atoms with Gasteiger partial charge in [0.25, 0.3) is 11.1 Å². The zero-order valence-corrected chi connectivity index (χ0v) is 21.2. The summed E-state index contributed by atoms with van der Waals surface area (Å²) >= 11 is 5.29. The Morgan fingerprint density at radius 3 is 2.34 bits per heavy atom. The van der Waals surface area contributed by atoms with Gasteiger partial charge in [0, 0.05) is 13.1 Å². The number of nitrogens with zero attached hydrogens (tertiary/aromatic N) is 2. The third kappa shape index (κ3) is 5.66. The van der Waals surface area contributed by atoms with Crippen molar-refractivity contribution in [3.05, 3.63) is 29.7 Å². The quantitative estimate of drug-likeness (QED) is 0.344. The zero-order valence-electron chi connectivity index (χ0n) is 16.1. The van der Waals surface area contributed by atoms with E-state index in [1.54, 1.807) is 11.0 Å². The van der Waals surface area contributed by atoms with Crippen LogP contribution in [0.5, 0.6) is 5.75 Å². The number of hydrogen-bond acceptors (Lipinski definition) is 5. The normalized spacial score (nSPS) is 19.1. The van der Waals surface area contributed by atoms with Gasteiger partial charge in [0.05, 0.1) is 18.7 Å². The van der Waals surface area contributed by atoms with Crippen LogP contribution in [0.15, 0.2) is 17.0 Å². The maximum absolute atomic E-state index is 12.8. The third-order valence-corrected chi connectivity index (χ3v) is 7.24. The average Bonchev–Trinajstić information content (AvgIpc) is 2.88. The van der Waals surface area contributed by atoms with Gasteiger partial charge in [0.1, 0.15) is 12.3 Å². The minimum Gasteiger partial charge on any atom is -0.492 e. The van der Waals surface area contributed by atoms with E-state index in [0.717, 1.165) is 60.8 Å². The maximum Gasteiger partial charge on any atom is 0.294 e. The number of thioether (sulfide) groups is 1. The van der Waals surface area contributed by atoms with Gasteiger partial charge < -0.3 is 9.64 Å². The summed E-state index contributed by atoms with van der Waals surface area (Å²) in [5, 5.41) is -0.389. The molecule has 0 aliphatic carbocycles. The fourth-order valence-corrected chi connectivity index (χ4v) is 6.25. The molecule has 2 aliphatic rings. The number of imide groups is 1. The molecule has 0 saturated carbocycles. The zero-order chi connectivity index (χ0) is 21.0. The highest BCUT2D eigenvalue weighted by atomic mass is 127. The van der Waals surface area contributed by atoms with Gasteiger partial charge >= 0.3 is 0 Å². The van der Waals surface area contributed by atoms with Crippen LogP contribution < -0.4 is 4.74 Å². The summed E-state index contributed by atoms with van der Waals surface area (Å²) in [6.45, 7) is 3.74. The number of halogens is 2. The molecule has 3 rings (SSSR count). The molecule has 3 amide bonds. The number of amides is 3. The molecule has 0 atom stereocenters. The van der Waals surface area contributed by atoms with Gasteiger partial charge in [0.15, 0.2) is 0 Å². The molecule has 6 nitrogen and oxygen atoms in total. The molecule has 0 radical (unpaired) electrons. The monoisotopic (exact) mass is 640 g/mol. The summed E-state index contributed by atoms with van der Waals surface area (Å²) in [6, 6.07) is 3.84. The molecule has 0 N–H and O–H groups in total. The Hall–Kier alpha value is -0.820. The Morgan fingerprint density at radius 2 is 1.76 bits per heavy atom. The molecule has 9 heteroatoms. The number of benzene rings is 1. The number of carbonyl (C=O) groups excluding carboxylic acids is 3. The van der Waals surface area contributed by atoms with Crippen molar-refractivity contribution in [2.45, 2.75) is 32.6 Å². The van der Waals surface area contributed by atoms with Crippen LogP contribution in [0.4, 0.5) is 4.79 Å². The predicted molar refractivity (Wildman–Crippen MR) is 131 cm³/mol. The first-order valence-corrected chi connectivity index (χ1v) is 12.5. The predicted octanol–water partition coefficient (Wildman–Crippen LogP) is 4.73. The summed E-state index contributed by atoms with van der Waals surface area (Å²) in [6.07, 6.45) is 5.90. The van der Waals surface area contributed by atoms with Crippen LogP contribution in [0.2, 0.25) is 0 Å². The van der Waals surface area contributed by atoms with E-state index in [2.05, 4.69) is 45.2 Å². The lowest BCUT2D eigenvalue weighted by atomic mass is 10.2. The van der Waals surface area contributed by atoms with Crippen LogP contribution >= 0.6 is 56.9 Å². The van der Waals surface area contributed by atoms with Crippen molar-refractivity contribution >= 4 is 80.1 Å². The summed E-state index contributed by atoms with van der Waals surface area (Å²) in [4.78, 5) is 40.9. The van der Waals surface area contributed by atoms with Gasteiger partial charge in [-0.25, -0.2) is 0 Å². The van der Waals surface area contributed by atoms with Crippen LogP contribution in [0, 0.1) is 7.14 Å². The minimum atomic E-state index is -0.401. The number of ether oxygens (including phenoxy) is 1. The molecule has 2 saturated heterocycles. The van der Waals surface area contributed by atoms with Crippen molar-refractivity contribution in [3.8, 4) is 5.75 Å². The molecule has 2 fully saturated rings. The number of carbonyl (C=O) groups is 3. The van der Waals surface area contributed by atoms with Crippen molar-refractivity contribution in [2.75, 3.05) is 26.2 Å². The van der Waals surface area contributed by atoms with Gasteiger partial charge in [-0.1, -0.05) is 12.8 Å². The van der Waals surface area contributed by atoms with E-state index < -0.39 is 5.91 Å². The maximum atomic E-state index is 12.8. The largest absolute Gasteiger partial charge is 0.492 e. The second kappa shape index (κ2) is 10.5. The molecule has 2 aliphatic heterocycles. The van der Waals surface area contributed by atoms with Gasteiger partial charge in [-0.15, -0.1) is 0 Å². The molecule has 0 bridgehead atoms. The van der Waals surface area contributed by atoms with E-state index in [1.165, 1.54) is 0 Å². The minimum absolute atomic E-state index is 0.152. The molecule has 29 heavy (non-hydrogen) atoms. The molecule has 1 aromatic rings. The second-order valence-corrected chi connectivity index (χ2v) is 10.1. The molecule has 1 aromatic carbocycles. The number of rotatable bonds is 5. The van der Waals surface area contributed by atoms with Gasteiger partial charge in [-0.2, -0.15) is 0 Å². The molecule has 156 valence electrons. The van der Waals surface area contributed by atoms with Crippen molar-refractivity contribution < 1.29 is 19.1 Å². The summed E-state index contributed by atoms with van der Waals surface area (Å²) in [7, 11) is 0. The van der Waals surface area contributed by atoms with Crippen molar-refractivity contribution in [1.82, 2.24) is 9.80 Å². The lowest BCUT2D eigenvalue weighted by molar-refractivity contribution is -0.135. The fraction of sp³-hybridized carbons (Fsp3) is 0.450. The summed E-state index contributed by atoms with van der Waals surface area (Å²) < 4.78 is 7.53.